The Kier molecular flexibility index (Phi) is 4.23. The van der Waals surface area contributed by atoms with Crippen LogP contribution in [-0.4, -0.2) is 4.40 Å². The summed E-state index contributed by atoms with van der Waals surface area (Å²) in [5.41, 5.74) is 3.79. The summed E-state index contributed by atoms with van der Waals surface area (Å²) in [6.07, 6.45) is 4.37. The molecule has 2 heterocycles. The van der Waals surface area contributed by atoms with Gasteiger partial charge in [0.2, 0.25) is 6.33 Å². The molecule has 144 valence electrons. The van der Waals surface area contributed by atoms with Gasteiger partial charge in [0.05, 0.1) is 0 Å². The number of hydrogen-bond donors (Lipinski definition) is 0. The van der Waals surface area contributed by atoms with Crippen molar-refractivity contribution in [1.29, 1.82) is 0 Å². The summed E-state index contributed by atoms with van der Waals surface area (Å²) in [5.74, 6) is 0. The van der Waals surface area contributed by atoms with E-state index in [4.69, 9.17) is 0 Å². The van der Waals surface area contributed by atoms with Gasteiger partial charge in [0, 0.05) is 5.39 Å². The van der Waals surface area contributed by atoms with Crippen LogP contribution in [0.2, 0.25) is 0 Å². The van der Waals surface area contributed by atoms with Crippen LogP contribution >= 0.6 is 7.81 Å². The van der Waals surface area contributed by atoms with Gasteiger partial charge in [0.25, 0.3) is 0 Å². The molecule has 0 fully saturated rings. The monoisotopic (exact) mass is 404 g/mol. The van der Waals surface area contributed by atoms with E-state index in [1.165, 1.54) is 22.0 Å². The van der Waals surface area contributed by atoms with Gasteiger partial charge in [-0.1, -0.05) is 48.5 Å². The predicted molar refractivity (Wildman–Crippen MR) is 94.2 cm³/mol. The average Bonchev–Trinajstić information content (AvgIpc) is 2.96. The molecule has 2 nitrogen and oxygen atoms in total. The molecule has 0 aliphatic carbocycles. The largest absolute Gasteiger partial charge is 0.249 e. The number of hydrogen-bond acceptors (Lipinski definition) is 0. The standard InChI is InChI=1S/C18H15N2.F6P/c1-2-6-15(7-3-1)12-19-13-17-11-10-16-8-4-5-9-18(16)20(17)14-19;1-7(2,3,4,5)6/h1-11,13-14H,12H2;/q+1;-1. The van der Waals surface area contributed by atoms with Crippen LogP contribution in [0.15, 0.2) is 79.3 Å². The summed E-state index contributed by atoms with van der Waals surface area (Å²) in [6, 6.07) is 23.4. The Balaban J connectivity index is 0.000000260. The van der Waals surface area contributed by atoms with Crippen LogP contribution in [-0.2, 0) is 6.54 Å². The Hall–Kier alpha value is -2.60. The fraction of sp³-hybridized carbons (Fsp3) is 0.0556. The van der Waals surface area contributed by atoms with E-state index >= 15 is 0 Å². The van der Waals surface area contributed by atoms with E-state index in [0.29, 0.717) is 0 Å². The summed E-state index contributed by atoms with van der Waals surface area (Å²) >= 11 is 0. The maximum Gasteiger partial charge on any atom is 0.249 e. The van der Waals surface area contributed by atoms with E-state index in [-0.39, 0.29) is 0 Å². The molecule has 9 heteroatoms. The van der Waals surface area contributed by atoms with Crippen molar-refractivity contribution in [2.24, 2.45) is 0 Å². The van der Waals surface area contributed by atoms with Crippen LogP contribution in [0.1, 0.15) is 5.56 Å². The van der Waals surface area contributed by atoms with Crippen molar-refractivity contribution < 1.29 is 29.7 Å². The molecule has 0 spiro atoms. The number of benzene rings is 2. The van der Waals surface area contributed by atoms with Crippen LogP contribution in [0.5, 0.6) is 0 Å². The molecule has 0 bridgehead atoms. The molecule has 27 heavy (non-hydrogen) atoms. The first kappa shape index (κ1) is 19.2. The summed E-state index contributed by atoms with van der Waals surface area (Å²) < 4.78 is 63.7. The van der Waals surface area contributed by atoms with E-state index in [9.17, 15) is 25.2 Å². The minimum Gasteiger partial charge on any atom is -0.232 e. The number of fused-ring (bicyclic) bond motifs is 3. The topological polar surface area (TPSA) is 8.29 Å². The number of pyridine rings is 1. The predicted octanol–water partition coefficient (Wildman–Crippen LogP) is 6.81. The number of aromatic nitrogens is 2. The maximum atomic E-state index is 9.87. The van der Waals surface area contributed by atoms with Crippen molar-refractivity contribution >= 4 is 24.2 Å². The molecule has 0 N–H and O–H groups in total. The SMILES string of the molecule is F[P-](F)(F)(F)(F)F.c1ccc(C[n+]2cc3ccc4ccccc4n3c2)cc1. The van der Waals surface area contributed by atoms with Crippen molar-refractivity contribution in [1.82, 2.24) is 4.40 Å². The van der Waals surface area contributed by atoms with Crippen molar-refractivity contribution in [3.8, 4) is 0 Å². The molecule has 0 radical (unpaired) electrons. The quantitative estimate of drug-likeness (QED) is 0.197. The smallest absolute Gasteiger partial charge is 0.232 e. The van der Waals surface area contributed by atoms with Crippen LogP contribution < -0.4 is 4.57 Å². The second kappa shape index (κ2) is 5.96. The first-order valence-corrected chi connectivity index (χ1v) is 9.87. The van der Waals surface area contributed by atoms with Gasteiger partial charge in [-0.3, -0.25) is 0 Å². The molecular formula is C18H15F6N2P. The molecule has 4 rings (SSSR count). The van der Waals surface area contributed by atoms with Gasteiger partial charge in [0.1, 0.15) is 18.3 Å². The van der Waals surface area contributed by atoms with E-state index in [2.05, 4.69) is 88.2 Å². The summed E-state index contributed by atoms with van der Waals surface area (Å²) in [5, 5.41) is 1.27. The van der Waals surface area contributed by atoms with Crippen LogP contribution in [0, 0.1) is 0 Å². The van der Waals surface area contributed by atoms with Gasteiger partial charge < -0.3 is 0 Å². The average molecular weight is 404 g/mol. The fourth-order valence-electron chi connectivity index (χ4n) is 2.71. The Bertz CT molecular complexity index is 1080. The summed E-state index contributed by atoms with van der Waals surface area (Å²) in [7, 11) is -10.7. The Morgan fingerprint density at radius 2 is 1.33 bits per heavy atom. The van der Waals surface area contributed by atoms with Crippen LogP contribution in [0.4, 0.5) is 25.2 Å². The van der Waals surface area contributed by atoms with Gasteiger partial charge in [0.15, 0.2) is 5.52 Å². The number of para-hydroxylation sites is 1. The van der Waals surface area contributed by atoms with E-state index in [0.717, 1.165) is 6.54 Å². The van der Waals surface area contributed by atoms with E-state index < -0.39 is 7.81 Å². The Labute approximate surface area is 150 Å². The molecule has 2 aromatic heterocycles. The van der Waals surface area contributed by atoms with Crippen LogP contribution in [0.3, 0.4) is 0 Å². The third kappa shape index (κ3) is 6.25. The molecule has 0 saturated heterocycles. The molecule has 0 aliphatic heterocycles. The Morgan fingerprint density at radius 3 is 2.00 bits per heavy atom. The molecule has 0 unspecified atom stereocenters. The minimum atomic E-state index is -10.7. The van der Waals surface area contributed by atoms with E-state index in [1.807, 2.05) is 0 Å². The molecular weight excluding hydrogens is 389 g/mol. The number of imidazole rings is 1. The van der Waals surface area contributed by atoms with Crippen LogP contribution in [0.25, 0.3) is 16.4 Å². The van der Waals surface area contributed by atoms with Crippen molar-refractivity contribution in [2.45, 2.75) is 6.54 Å². The van der Waals surface area contributed by atoms with Gasteiger partial charge >= 0.3 is 33.0 Å². The molecule has 0 amide bonds. The van der Waals surface area contributed by atoms with E-state index in [1.54, 1.807) is 0 Å². The Morgan fingerprint density at radius 1 is 0.741 bits per heavy atom. The molecule has 4 aromatic rings. The third-order valence-electron chi connectivity index (χ3n) is 3.68. The third-order valence-corrected chi connectivity index (χ3v) is 3.68. The van der Waals surface area contributed by atoms with Crippen molar-refractivity contribution in [2.75, 3.05) is 0 Å². The second-order valence-corrected chi connectivity index (χ2v) is 7.96. The van der Waals surface area contributed by atoms with Gasteiger partial charge in [-0.25, -0.2) is 4.57 Å². The fourth-order valence-corrected chi connectivity index (χ4v) is 2.71. The molecule has 0 atom stereocenters. The van der Waals surface area contributed by atoms with Gasteiger partial charge in [-0.05, 0) is 23.8 Å². The molecule has 0 aliphatic rings. The minimum absolute atomic E-state index is 0.900. The van der Waals surface area contributed by atoms with Crippen molar-refractivity contribution in [3.63, 3.8) is 0 Å². The first-order valence-electron chi connectivity index (χ1n) is 7.84. The second-order valence-electron chi connectivity index (χ2n) is 6.05. The number of halogens is 6. The molecule has 0 saturated carbocycles. The maximum absolute atomic E-state index is 10.7. The van der Waals surface area contributed by atoms with Gasteiger partial charge in [-0.15, -0.1) is 0 Å². The van der Waals surface area contributed by atoms with Gasteiger partial charge in [-0.2, -0.15) is 4.40 Å². The normalized spacial score (nSPS) is 14.3. The summed E-state index contributed by atoms with van der Waals surface area (Å²) in [6.45, 7) is 0.900. The summed E-state index contributed by atoms with van der Waals surface area (Å²) in [4.78, 5) is 0. The molecule has 2 aromatic carbocycles. The zero-order valence-electron chi connectivity index (χ0n) is 13.8. The zero-order valence-corrected chi connectivity index (χ0v) is 14.7. The van der Waals surface area contributed by atoms with Crippen molar-refractivity contribution in [3.05, 3.63) is 84.8 Å². The first-order chi connectivity index (χ1) is 12.3. The number of rotatable bonds is 2. The zero-order chi connectivity index (χ0) is 19.8. The number of nitrogens with zero attached hydrogens (tertiary/aromatic N) is 2.